The van der Waals surface area contributed by atoms with Gasteiger partial charge in [-0.1, -0.05) is 36.4 Å². The summed E-state index contributed by atoms with van der Waals surface area (Å²) >= 11 is 0. The minimum absolute atomic E-state index is 0.0984. The van der Waals surface area contributed by atoms with Crippen LogP contribution in [0.15, 0.2) is 54.6 Å². The van der Waals surface area contributed by atoms with Crippen molar-refractivity contribution >= 4 is 0 Å². The lowest BCUT2D eigenvalue weighted by atomic mass is 10.2. The maximum absolute atomic E-state index is 13.3. The van der Waals surface area contributed by atoms with E-state index in [2.05, 4.69) is 0 Å². The van der Waals surface area contributed by atoms with Gasteiger partial charge in [0.05, 0.1) is 13.2 Å². The van der Waals surface area contributed by atoms with E-state index in [1.165, 1.54) is 6.07 Å². The summed E-state index contributed by atoms with van der Waals surface area (Å²) in [5, 5.41) is 9.71. The first-order valence-electron chi connectivity index (χ1n) is 6.43. The number of hydrogen-bond donors (Lipinski definition) is 1. The smallest absolute Gasteiger partial charge is 0.128 e. The van der Waals surface area contributed by atoms with Crippen LogP contribution in [0.4, 0.5) is 4.39 Å². The third-order valence-electron chi connectivity index (χ3n) is 2.71. The average Bonchev–Trinajstić information content (AvgIpc) is 2.48. The molecule has 0 bridgehead atoms. The summed E-state index contributed by atoms with van der Waals surface area (Å²) in [7, 11) is 0. The highest BCUT2D eigenvalue weighted by Gasteiger charge is 2.07. The van der Waals surface area contributed by atoms with Crippen molar-refractivity contribution in [1.82, 2.24) is 0 Å². The molecule has 0 heterocycles. The normalized spacial score (nSPS) is 12.1. The van der Waals surface area contributed by atoms with Crippen molar-refractivity contribution in [3.63, 3.8) is 0 Å². The lowest BCUT2D eigenvalue weighted by Crippen LogP contribution is -2.23. The molecule has 2 aromatic rings. The van der Waals surface area contributed by atoms with Crippen molar-refractivity contribution < 1.29 is 19.0 Å². The summed E-state index contributed by atoms with van der Waals surface area (Å²) in [6.45, 7) is 0.373. The highest BCUT2D eigenvalue weighted by Crippen LogP contribution is 2.10. The van der Waals surface area contributed by atoms with Gasteiger partial charge in [0.15, 0.2) is 0 Å². The SMILES string of the molecule is OC(COCc1ccccc1F)COc1ccccc1. The molecule has 1 unspecified atom stereocenters. The fourth-order valence-corrected chi connectivity index (χ4v) is 1.68. The molecular weight excluding hydrogens is 259 g/mol. The monoisotopic (exact) mass is 276 g/mol. The summed E-state index contributed by atoms with van der Waals surface area (Å²) < 4.78 is 24.0. The molecule has 3 nitrogen and oxygen atoms in total. The number of rotatable bonds is 7. The van der Waals surface area contributed by atoms with Gasteiger partial charge in [0.1, 0.15) is 24.3 Å². The van der Waals surface area contributed by atoms with Crippen LogP contribution in [0, 0.1) is 5.82 Å². The molecule has 0 spiro atoms. The highest BCUT2D eigenvalue weighted by molar-refractivity contribution is 5.20. The topological polar surface area (TPSA) is 38.7 Å². The van der Waals surface area contributed by atoms with E-state index in [4.69, 9.17) is 9.47 Å². The Morgan fingerprint density at radius 2 is 1.65 bits per heavy atom. The Bertz CT molecular complexity index is 516. The van der Waals surface area contributed by atoms with Gasteiger partial charge in [0.25, 0.3) is 0 Å². The van der Waals surface area contributed by atoms with Crippen LogP contribution in [0.1, 0.15) is 5.56 Å². The average molecular weight is 276 g/mol. The lowest BCUT2D eigenvalue weighted by Gasteiger charge is -2.13. The molecule has 0 saturated heterocycles. The molecule has 2 rings (SSSR count). The van der Waals surface area contributed by atoms with E-state index in [0.29, 0.717) is 11.3 Å². The van der Waals surface area contributed by atoms with Gasteiger partial charge in [0.2, 0.25) is 0 Å². The third-order valence-corrected chi connectivity index (χ3v) is 2.71. The molecule has 20 heavy (non-hydrogen) atoms. The number of halogens is 1. The van der Waals surface area contributed by atoms with Gasteiger partial charge in [-0.15, -0.1) is 0 Å². The first kappa shape index (κ1) is 14.5. The Balaban J connectivity index is 1.68. The Kier molecular flexibility index (Phi) is 5.53. The van der Waals surface area contributed by atoms with Gasteiger partial charge in [0, 0.05) is 5.56 Å². The van der Waals surface area contributed by atoms with Crippen LogP contribution in [0.3, 0.4) is 0 Å². The molecule has 1 N–H and O–H groups in total. The van der Waals surface area contributed by atoms with Gasteiger partial charge in [-0.25, -0.2) is 4.39 Å². The van der Waals surface area contributed by atoms with Crippen LogP contribution in [0.5, 0.6) is 5.75 Å². The Morgan fingerprint density at radius 3 is 2.40 bits per heavy atom. The van der Waals surface area contributed by atoms with Crippen LogP contribution < -0.4 is 4.74 Å². The zero-order valence-electron chi connectivity index (χ0n) is 11.0. The van der Waals surface area contributed by atoms with Crippen molar-refractivity contribution in [3.8, 4) is 5.75 Å². The number of aliphatic hydroxyl groups excluding tert-OH is 1. The van der Waals surface area contributed by atoms with Crippen LogP contribution in [-0.4, -0.2) is 24.4 Å². The molecule has 0 aliphatic heterocycles. The first-order valence-corrected chi connectivity index (χ1v) is 6.43. The summed E-state index contributed by atoms with van der Waals surface area (Å²) in [6, 6.07) is 15.6. The predicted molar refractivity (Wildman–Crippen MR) is 74.0 cm³/mol. The lowest BCUT2D eigenvalue weighted by molar-refractivity contribution is 0.00476. The van der Waals surface area contributed by atoms with E-state index in [0.717, 1.165) is 0 Å². The van der Waals surface area contributed by atoms with Crippen LogP contribution in [0.25, 0.3) is 0 Å². The Morgan fingerprint density at radius 1 is 0.950 bits per heavy atom. The van der Waals surface area contributed by atoms with Gasteiger partial charge < -0.3 is 14.6 Å². The Labute approximate surface area is 117 Å². The molecule has 0 aliphatic rings. The molecule has 2 aromatic carbocycles. The molecule has 0 radical (unpaired) electrons. The highest BCUT2D eigenvalue weighted by atomic mass is 19.1. The van der Waals surface area contributed by atoms with E-state index in [1.54, 1.807) is 18.2 Å². The van der Waals surface area contributed by atoms with Crippen LogP contribution in [0.2, 0.25) is 0 Å². The van der Waals surface area contributed by atoms with E-state index in [1.807, 2.05) is 30.3 Å². The largest absolute Gasteiger partial charge is 0.491 e. The zero-order valence-corrected chi connectivity index (χ0v) is 11.0. The van der Waals surface area contributed by atoms with Crippen molar-refractivity contribution in [2.45, 2.75) is 12.7 Å². The minimum Gasteiger partial charge on any atom is -0.491 e. The first-order chi connectivity index (χ1) is 9.75. The van der Waals surface area contributed by atoms with Crippen molar-refractivity contribution in [2.24, 2.45) is 0 Å². The molecule has 106 valence electrons. The predicted octanol–water partition coefficient (Wildman–Crippen LogP) is 2.78. The van der Waals surface area contributed by atoms with E-state index in [-0.39, 0.29) is 25.6 Å². The van der Waals surface area contributed by atoms with Crippen molar-refractivity contribution in [1.29, 1.82) is 0 Å². The maximum Gasteiger partial charge on any atom is 0.128 e. The molecule has 0 aromatic heterocycles. The van der Waals surface area contributed by atoms with Crippen molar-refractivity contribution in [2.75, 3.05) is 13.2 Å². The minimum atomic E-state index is -0.748. The van der Waals surface area contributed by atoms with Gasteiger partial charge in [-0.3, -0.25) is 0 Å². The summed E-state index contributed by atoms with van der Waals surface area (Å²) in [5.74, 6) is 0.392. The third kappa shape index (κ3) is 4.64. The molecule has 0 aliphatic carbocycles. The second kappa shape index (κ2) is 7.62. The molecule has 0 fully saturated rings. The summed E-state index contributed by atoms with van der Waals surface area (Å²) in [6.07, 6.45) is -0.748. The molecule has 4 heteroatoms. The summed E-state index contributed by atoms with van der Waals surface area (Å²) in [4.78, 5) is 0. The summed E-state index contributed by atoms with van der Waals surface area (Å²) in [5.41, 5.74) is 0.476. The number of aliphatic hydroxyl groups is 1. The number of hydrogen-bond acceptors (Lipinski definition) is 3. The zero-order chi connectivity index (χ0) is 14.2. The quantitative estimate of drug-likeness (QED) is 0.845. The van der Waals surface area contributed by atoms with E-state index in [9.17, 15) is 9.50 Å². The number of ether oxygens (including phenoxy) is 2. The van der Waals surface area contributed by atoms with Crippen molar-refractivity contribution in [3.05, 3.63) is 66.0 Å². The van der Waals surface area contributed by atoms with E-state index >= 15 is 0 Å². The van der Waals surface area contributed by atoms with Gasteiger partial charge in [-0.05, 0) is 18.2 Å². The van der Waals surface area contributed by atoms with Gasteiger partial charge in [-0.2, -0.15) is 0 Å². The fourth-order valence-electron chi connectivity index (χ4n) is 1.68. The van der Waals surface area contributed by atoms with Crippen LogP contribution in [-0.2, 0) is 11.3 Å². The second-order valence-corrected chi connectivity index (χ2v) is 4.38. The second-order valence-electron chi connectivity index (χ2n) is 4.38. The molecular formula is C16H17FO3. The van der Waals surface area contributed by atoms with Gasteiger partial charge >= 0.3 is 0 Å². The van der Waals surface area contributed by atoms with E-state index < -0.39 is 6.10 Å². The standard InChI is InChI=1S/C16H17FO3/c17-16-9-5-4-6-13(16)10-19-11-14(18)12-20-15-7-2-1-3-8-15/h1-9,14,18H,10-12H2. The Hall–Kier alpha value is -1.91. The number of para-hydroxylation sites is 1. The number of benzene rings is 2. The van der Waals surface area contributed by atoms with Crippen LogP contribution >= 0.6 is 0 Å². The fraction of sp³-hybridized carbons (Fsp3) is 0.250. The maximum atomic E-state index is 13.3. The molecule has 0 amide bonds. The molecule has 1 atom stereocenters. The molecule has 0 saturated carbocycles.